The summed E-state index contributed by atoms with van der Waals surface area (Å²) in [4.78, 5) is 26.0. The zero-order chi connectivity index (χ0) is 29.4. The van der Waals surface area contributed by atoms with E-state index in [0.29, 0.717) is 55.2 Å². The zero-order valence-corrected chi connectivity index (χ0v) is 24.6. The van der Waals surface area contributed by atoms with Crippen molar-refractivity contribution in [2.45, 2.75) is 59.4 Å². The van der Waals surface area contributed by atoms with Crippen LogP contribution in [0.15, 0.2) is 22.7 Å². The molecule has 12 nitrogen and oxygen atoms in total. The van der Waals surface area contributed by atoms with Crippen molar-refractivity contribution in [3.05, 3.63) is 41.2 Å². The number of nitrogens with one attached hydrogen (secondary N) is 3. The van der Waals surface area contributed by atoms with E-state index in [1.807, 2.05) is 37.6 Å². The van der Waals surface area contributed by atoms with Gasteiger partial charge in [0.2, 0.25) is 5.82 Å². The van der Waals surface area contributed by atoms with Gasteiger partial charge < -0.3 is 29.6 Å². The van der Waals surface area contributed by atoms with Gasteiger partial charge >= 0.3 is 0 Å². The van der Waals surface area contributed by atoms with Gasteiger partial charge in [0.05, 0.1) is 36.1 Å². The van der Waals surface area contributed by atoms with E-state index in [-0.39, 0.29) is 11.7 Å². The van der Waals surface area contributed by atoms with Crippen molar-refractivity contribution in [2.24, 2.45) is 0 Å². The molecule has 3 N–H and O–H groups in total. The maximum absolute atomic E-state index is 13.2. The van der Waals surface area contributed by atoms with E-state index in [1.54, 1.807) is 7.11 Å². The summed E-state index contributed by atoms with van der Waals surface area (Å²) in [7, 11) is 1.64. The molecule has 1 saturated carbocycles. The monoisotopic (exact) mass is 572 g/mol. The number of ether oxygens (including phenoxy) is 2. The fourth-order valence-corrected chi connectivity index (χ4v) is 5.29. The third kappa shape index (κ3) is 5.18. The second kappa shape index (κ2) is 11.4. The Labute approximate surface area is 243 Å². The van der Waals surface area contributed by atoms with Crippen LogP contribution in [0.5, 0.6) is 5.75 Å². The minimum atomic E-state index is -0.379. The minimum absolute atomic E-state index is 0.0509. The molecule has 1 fully saturated rings. The Balaban J connectivity index is 1.47. The highest BCUT2D eigenvalue weighted by Crippen LogP contribution is 2.42. The van der Waals surface area contributed by atoms with Crippen LogP contribution in [0.1, 0.15) is 66.8 Å². The molecule has 5 aromatic rings. The molecule has 1 amide bonds. The molecule has 42 heavy (non-hydrogen) atoms. The number of rotatable bonds is 12. The normalized spacial score (nSPS) is 13.3. The summed E-state index contributed by atoms with van der Waals surface area (Å²) in [6, 6.07) is 6.03. The van der Waals surface area contributed by atoms with Crippen molar-refractivity contribution in [2.75, 3.05) is 32.2 Å². The number of benzene rings is 1. The molecule has 6 rings (SSSR count). The van der Waals surface area contributed by atoms with Crippen molar-refractivity contribution < 1.29 is 18.8 Å². The van der Waals surface area contributed by atoms with Crippen molar-refractivity contribution in [3.8, 4) is 16.9 Å². The number of aromatic nitrogens is 6. The summed E-state index contributed by atoms with van der Waals surface area (Å²) in [5.41, 5.74) is 4.90. The van der Waals surface area contributed by atoms with Gasteiger partial charge in [-0.25, -0.2) is 14.6 Å². The number of hydrogen-bond acceptors (Lipinski definition) is 9. The highest BCUT2D eigenvalue weighted by molar-refractivity contribution is 6.14. The molecule has 1 aliphatic carbocycles. The van der Waals surface area contributed by atoms with E-state index in [9.17, 15) is 4.79 Å². The van der Waals surface area contributed by atoms with E-state index in [2.05, 4.69) is 38.7 Å². The highest BCUT2D eigenvalue weighted by atomic mass is 16.5. The van der Waals surface area contributed by atoms with Crippen LogP contribution in [0, 0.1) is 13.8 Å². The van der Waals surface area contributed by atoms with E-state index in [1.165, 1.54) is 0 Å². The standard InChI is InChI=1S/C30H36N8O4/c1-6-11-41-12-10-31-30(39)29-34-27-26(28(35-29)33-24-15-21(18-8-9-18)36-38(24)7-2)19-14-23(40-5)20(13-22(19)32-27)25-16(3)37-42-17(25)4/h13-15,18H,6-12H2,1-5H3,(H,31,39)(H2,32,33,34,35). The fourth-order valence-electron chi connectivity index (χ4n) is 5.29. The smallest absolute Gasteiger partial charge is 0.289 e. The van der Waals surface area contributed by atoms with Gasteiger partial charge in [0.1, 0.15) is 28.8 Å². The molecule has 0 atom stereocenters. The number of hydrogen-bond donors (Lipinski definition) is 3. The summed E-state index contributed by atoms with van der Waals surface area (Å²) < 4.78 is 18.7. The maximum Gasteiger partial charge on any atom is 0.289 e. The largest absolute Gasteiger partial charge is 0.496 e. The lowest BCUT2D eigenvalue weighted by Crippen LogP contribution is -2.29. The summed E-state index contributed by atoms with van der Waals surface area (Å²) in [5.74, 6) is 2.84. The first kappa shape index (κ1) is 27.7. The van der Waals surface area contributed by atoms with E-state index >= 15 is 0 Å². The average molecular weight is 573 g/mol. The number of fused-ring (bicyclic) bond motifs is 3. The Morgan fingerprint density at radius 2 is 2.00 bits per heavy atom. The van der Waals surface area contributed by atoms with E-state index < -0.39 is 0 Å². The van der Waals surface area contributed by atoms with Crippen LogP contribution < -0.4 is 15.4 Å². The van der Waals surface area contributed by atoms with Gasteiger partial charge in [-0.15, -0.1) is 0 Å². The van der Waals surface area contributed by atoms with Gasteiger partial charge in [-0.2, -0.15) is 5.10 Å². The molecule has 1 aromatic carbocycles. The van der Waals surface area contributed by atoms with Crippen molar-refractivity contribution in [1.29, 1.82) is 0 Å². The molecule has 4 heterocycles. The molecule has 12 heteroatoms. The number of amides is 1. The topological polar surface area (TPSA) is 145 Å². The SMILES string of the molecule is CCCOCCNC(=O)c1nc(Nc2cc(C3CC3)nn2CC)c2c(n1)[nH]c1cc(-c3c(C)noc3C)c(OC)cc12. The summed E-state index contributed by atoms with van der Waals surface area (Å²) >= 11 is 0. The number of aryl methyl sites for hydroxylation is 3. The summed E-state index contributed by atoms with van der Waals surface area (Å²) in [6.07, 6.45) is 3.22. The molecule has 4 aromatic heterocycles. The van der Waals surface area contributed by atoms with E-state index in [0.717, 1.165) is 63.9 Å². The highest BCUT2D eigenvalue weighted by Gasteiger charge is 2.28. The number of aromatic amines is 1. The molecule has 0 aliphatic heterocycles. The Morgan fingerprint density at radius 1 is 1.17 bits per heavy atom. The van der Waals surface area contributed by atoms with Crippen molar-refractivity contribution in [3.63, 3.8) is 0 Å². The second-order valence-electron chi connectivity index (χ2n) is 10.6. The molecular formula is C30H36N8O4. The molecule has 0 unspecified atom stereocenters. The molecule has 0 saturated heterocycles. The lowest BCUT2D eigenvalue weighted by Gasteiger charge is -2.11. The third-order valence-electron chi connectivity index (χ3n) is 7.50. The zero-order valence-electron chi connectivity index (χ0n) is 24.6. The molecular weight excluding hydrogens is 536 g/mol. The van der Waals surface area contributed by atoms with Gasteiger partial charge in [-0.3, -0.25) is 4.79 Å². The van der Waals surface area contributed by atoms with Crippen LogP contribution in [-0.4, -0.2) is 62.7 Å². The van der Waals surface area contributed by atoms with Crippen molar-refractivity contribution in [1.82, 2.24) is 35.2 Å². The van der Waals surface area contributed by atoms with Crippen LogP contribution >= 0.6 is 0 Å². The first-order chi connectivity index (χ1) is 20.4. The van der Waals surface area contributed by atoms with E-state index in [4.69, 9.17) is 24.1 Å². The predicted octanol–water partition coefficient (Wildman–Crippen LogP) is 5.39. The van der Waals surface area contributed by atoms with Gasteiger partial charge in [0.25, 0.3) is 5.91 Å². The van der Waals surface area contributed by atoms with Crippen LogP contribution in [-0.2, 0) is 11.3 Å². The quantitative estimate of drug-likeness (QED) is 0.168. The molecule has 0 spiro atoms. The molecule has 1 aliphatic rings. The maximum atomic E-state index is 13.2. The van der Waals surface area contributed by atoms with Gasteiger partial charge in [-0.05, 0) is 52.2 Å². The summed E-state index contributed by atoms with van der Waals surface area (Å²) in [6.45, 7) is 10.00. The minimum Gasteiger partial charge on any atom is -0.496 e. The summed E-state index contributed by atoms with van der Waals surface area (Å²) in [5, 5.41) is 16.9. The predicted molar refractivity (Wildman–Crippen MR) is 160 cm³/mol. The number of nitrogens with zero attached hydrogens (tertiary/aromatic N) is 5. The Kier molecular flexibility index (Phi) is 7.55. The number of methoxy groups -OCH3 is 1. The molecule has 0 radical (unpaired) electrons. The second-order valence-corrected chi connectivity index (χ2v) is 10.6. The van der Waals surface area contributed by atoms with Gasteiger partial charge in [0, 0.05) is 48.1 Å². The average Bonchev–Trinajstić information content (AvgIpc) is 3.54. The molecule has 220 valence electrons. The lowest BCUT2D eigenvalue weighted by atomic mass is 10.0. The Bertz CT molecular complexity index is 1740. The fraction of sp³-hybridized carbons (Fsp3) is 0.433. The number of H-pyrrole nitrogens is 1. The van der Waals surface area contributed by atoms with Crippen LogP contribution in [0.25, 0.3) is 33.1 Å². The third-order valence-corrected chi connectivity index (χ3v) is 7.50. The molecule has 0 bridgehead atoms. The van der Waals surface area contributed by atoms with Crippen LogP contribution in [0.4, 0.5) is 11.6 Å². The van der Waals surface area contributed by atoms with Gasteiger partial charge in [-0.1, -0.05) is 12.1 Å². The number of carbonyl (C=O) groups is 1. The van der Waals surface area contributed by atoms with Gasteiger partial charge in [0.15, 0.2) is 0 Å². The van der Waals surface area contributed by atoms with Crippen LogP contribution in [0.2, 0.25) is 0 Å². The first-order valence-electron chi connectivity index (χ1n) is 14.5. The first-order valence-corrected chi connectivity index (χ1v) is 14.5. The lowest BCUT2D eigenvalue weighted by molar-refractivity contribution is 0.0906. The number of carbonyl (C=O) groups excluding carboxylic acids is 1. The van der Waals surface area contributed by atoms with Crippen LogP contribution in [0.3, 0.4) is 0 Å². The Morgan fingerprint density at radius 3 is 2.69 bits per heavy atom. The number of anilines is 2. The Hall–Kier alpha value is -4.45. The van der Waals surface area contributed by atoms with Crippen molar-refractivity contribution >= 4 is 39.5 Å².